The molecule has 1 aromatic carbocycles. The number of amides is 3. The molecule has 0 bridgehead atoms. The molecular formula is C17H26Cl2N4O4. The first kappa shape index (κ1) is 25.1. The molecule has 1 rings (SSSR count). The molecule has 5 N–H and O–H groups in total. The Labute approximate surface area is 169 Å². The number of halogens is 2. The highest BCUT2D eigenvalue weighted by molar-refractivity contribution is 6.34. The quantitative estimate of drug-likeness (QED) is 0.446. The molecule has 0 aliphatic carbocycles. The third-order valence-corrected chi connectivity index (χ3v) is 3.85. The maximum Gasteiger partial charge on any atom is 0.252 e. The van der Waals surface area contributed by atoms with Crippen molar-refractivity contribution in [3.63, 3.8) is 0 Å². The van der Waals surface area contributed by atoms with Crippen molar-refractivity contribution in [2.24, 2.45) is 11.7 Å². The van der Waals surface area contributed by atoms with Gasteiger partial charge in [0.25, 0.3) is 5.91 Å². The molecule has 0 aromatic heterocycles. The number of anilines is 1. The molecule has 10 heteroatoms. The second-order valence-corrected chi connectivity index (χ2v) is 6.39. The van der Waals surface area contributed by atoms with Crippen LogP contribution in [0.15, 0.2) is 18.2 Å². The molecule has 0 radical (unpaired) electrons. The number of hydrogen-bond acceptors (Lipinski definition) is 5. The minimum atomic E-state index is -0.673. The number of carbonyl (C=O) groups is 3. The van der Waals surface area contributed by atoms with Crippen LogP contribution in [-0.2, 0) is 14.3 Å². The van der Waals surface area contributed by atoms with Gasteiger partial charge in [-0.1, -0.05) is 25.4 Å². The highest BCUT2D eigenvalue weighted by Crippen LogP contribution is 2.21. The highest BCUT2D eigenvalue weighted by atomic mass is 35.5. The Kier molecular flexibility index (Phi) is 11.6. The molecule has 0 aliphatic rings. The fraction of sp³-hybridized carbons (Fsp3) is 0.471. The number of benzene rings is 1. The van der Waals surface area contributed by atoms with Crippen molar-refractivity contribution in [1.82, 2.24) is 10.6 Å². The molecule has 1 atom stereocenters. The van der Waals surface area contributed by atoms with Gasteiger partial charge in [-0.05, 0) is 24.1 Å². The second kappa shape index (κ2) is 12.5. The first-order valence-corrected chi connectivity index (χ1v) is 8.53. The summed E-state index contributed by atoms with van der Waals surface area (Å²) in [6, 6.07) is 3.85. The van der Waals surface area contributed by atoms with Crippen molar-refractivity contribution in [3.05, 3.63) is 28.8 Å². The summed E-state index contributed by atoms with van der Waals surface area (Å²) in [5, 5.41) is 7.92. The van der Waals surface area contributed by atoms with Gasteiger partial charge in [-0.2, -0.15) is 0 Å². The van der Waals surface area contributed by atoms with Gasteiger partial charge >= 0.3 is 0 Å². The van der Waals surface area contributed by atoms with E-state index in [2.05, 4.69) is 16.0 Å². The Hall–Kier alpha value is -1.87. The minimum absolute atomic E-state index is 0. The standard InChI is InChI=1S/C17H25ClN4O4.ClH/c1-10(2)15(19)17(25)21-9-14(23)22-11-4-5-12(13(18)8-11)16(24)20-6-7-26-3;/h4-5,8,10,15H,6-7,9,19H2,1-3H3,(H,20,24)(H,21,25)(H,22,23);1H/t15-;/m0./s1. The minimum Gasteiger partial charge on any atom is -0.383 e. The number of nitrogens with one attached hydrogen (secondary N) is 3. The summed E-state index contributed by atoms with van der Waals surface area (Å²) in [4.78, 5) is 35.6. The fourth-order valence-corrected chi connectivity index (χ4v) is 2.20. The predicted molar refractivity (Wildman–Crippen MR) is 107 cm³/mol. The monoisotopic (exact) mass is 420 g/mol. The Morgan fingerprint density at radius 3 is 2.44 bits per heavy atom. The van der Waals surface area contributed by atoms with Crippen molar-refractivity contribution in [2.75, 3.05) is 32.1 Å². The second-order valence-electron chi connectivity index (χ2n) is 5.98. The van der Waals surface area contributed by atoms with Crippen molar-refractivity contribution in [3.8, 4) is 0 Å². The summed E-state index contributed by atoms with van der Waals surface area (Å²) in [7, 11) is 1.54. The van der Waals surface area contributed by atoms with Crippen LogP contribution in [0.25, 0.3) is 0 Å². The van der Waals surface area contributed by atoms with Gasteiger partial charge < -0.3 is 26.4 Å². The first-order chi connectivity index (χ1) is 12.3. The first-order valence-electron chi connectivity index (χ1n) is 8.16. The molecule has 0 unspecified atom stereocenters. The van der Waals surface area contributed by atoms with E-state index >= 15 is 0 Å². The topological polar surface area (TPSA) is 123 Å². The summed E-state index contributed by atoms with van der Waals surface area (Å²) in [5.74, 6) is -1.18. The van der Waals surface area contributed by atoms with E-state index in [9.17, 15) is 14.4 Å². The molecule has 8 nitrogen and oxygen atoms in total. The molecule has 0 spiro atoms. The zero-order chi connectivity index (χ0) is 19.7. The summed E-state index contributed by atoms with van der Waals surface area (Å²) >= 11 is 6.09. The van der Waals surface area contributed by atoms with E-state index in [1.807, 2.05) is 13.8 Å². The Morgan fingerprint density at radius 2 is 1.89 bits per heavy atom. The van der Waals surface area contributed by atoms with Crippen LogP contribution in [-0.4, -0.2) is 50.6 Å². The maximum atomic E-state index is 12.0. The van der Waals surface area contributed by atoms with Crippen LogP contribution in [0.2, 0.25) is 5.02 Å². The van der Waals surface area contributed by atoms with E-state index in [-0.39, 0.29) is 41.4 Å². The van der Waals surface area contributed by atoms with Crippen LogP contribution in [0.3, 0.4) is 0 Å². The molecule has 1 aromatic rings. The molecule has 0 fully saturated rings. The molecule has 0 saturated heterocycles. The lowest BCUT2D eigenvalue weighted by Crippen LogP contribution is -2.46. The molecule has 3 amide bonds. The fourth-order valence-electron chi connectivity index (χ4n) is 1.93. The summed E-state index contributed by atoms with van der Waals surface area (Å²) in [6.07, 6.45) is 0. The van der Waals surface area contributed by atoms with Gasteiger partial charge in [0.15, 0.2) is 0 Å². The zero-order valence-electron chi connectivity index (χ0n) is 15.5. The zero-order valence-corrected chi connectivity index (χ0v) is 17.1. The molecular weight excluding hydrogens is 395 g/mol. The van der Waals surface area contributed by atoms with E-state index in [1.165, 1.54) is 19.2 Å². The number of carbonyl (C=O) groups excluding carboxylic acids is 3. The van der Waals surface area contributed by atoms with Crippen LogP contribution in [0.5, 0.6) is 0 Å². The Balaban J connectivity index is 0.00000676. The third-order valence-electron chi connectivity index (χ3n) is 3.53. The van der Waals surface area contributed by atoms with Gasteiger partial charge in [-0.25, -0.2) is 0 Å². The van der Waals surface area contributed by atoms with Crippen LogP contribution >= 0.6 is 24.0 Å². The van der Waals surface area contributed by atoms with Crippen molar-refractivity contribution in [2.45, 2.75) is 19.9 Å². The number of hydrogen-bond donors (Lipinski definition) is 4. The van der Waals surface area contributed by atoms with Crippen molar-refractivity contribution >= 4 is 47.4 Å². The molecule has 0 heterocycles. The van der Waals surface area contributed by atoms with Crippen LogP contribution < -0.4 is 21.7 Å². The Bertz CT molecular complexity index is 656. The predicted octanol–water partition coefficient (Wildman–Crippen LogP) is 1.18. The average Bonchev–Trinajstić information content (AvgIpc) is 2.59. The SMILES string of the molecule is COCCNC(=O)c1ccc(NC(=O)CNC(=O)[C@@H](N)C(C)C)cc1Cl.Cl. The molecule has 0 aliphatic heterocycles. The summed E-state index contributed by atoms with van der Waals surface area (Å²) in [6.45, 7) is 4.18. The summed E-state index contributed by atoms with van der Waals surface area (Å²) < 4.78 is 4.86. The average molecular weight is 421 g/mol. The van der Waals surface area contributed by atoms with E-state index in [1.54, 1.807) is 6.07 Å². The number of ether oxygens (including phenoxy) is 1. The molecule has 0 saturated carbocycles. The van der Waals surface area contributed by atoms with E-state index in [4.69, 9.17) is 22.1 Å². The molecule has 27 heavy (non-hydrogen) atoms. The van der Waals surface area contributed by atoms with Gasteiger partial charge in [0.2, 0.25) is 11.8 Å². The lowest BCUT2D eigenvalue weighted by molar-refractivity contribution is -0.125. The van der Waals surface area contributed by atoms with Gasteiger partial charge in [-0.15, -0.1) is 12.4 Å². The number of nitrogens with two attached hydrogens (primary N) is 1. The van der Waals surface area contributed by atoms with Crippen LogP contribution in [0, 0.1) is 5.92 Å². The third kappa shape index (κ3) is 8.57. The highest BCUT2D eigenvalue weighted by Gasteiger charge is 2.18. The largest absolute Gasteiger partial charge is 0.383 e. The summed E-state index contributed by atoms with van der Waals surface area (Å²) in [5.41, 5.74) is 6.40. The lowest BCUT2D eigenvalue weighted by Gasteiger charge is -2.15. The van der Waals surface area contributed by atoms with E-state index in [0.29, 0.717) is 18.8 Å². The van der Waals surface area contributed by atoms with Gasteiger partial charge in [0.1, 0.15) is 0 Å². The van der Waals surface area contributed by atoms with Crippen molar-refractivity contribution in [1.29, 1.82) is 0 Å². The molecule has 152 valence electrons. The maximum absolute atomic E-state index is 12.0. The normalized spacial score (nSPS) is 11.3. The van der Waals surface area contributed by atoms with E-state index < -0.39 is 17.9 Å². The lowest BCUT2D eigenvalue weighted by atomic mass is 10.1. The van der Waals surface area contributed by atoms with Gasteiger partial charge in [-0.3, -0.25) is 14.4 Å². The van der Waals surface area contributed by atoms with Gasteiger partial charge in [0.05, 0.1) is 29.8 Å². The van der Waals surface area contributed by atoms with E-state index in [0.717, 1.165) is 0 Å². The van der Waals surface area contributed by atoms with Crippen molar-refractivity contribution < 1.29 is 19.1 Å². The van der Waals surface area contributed by atoms with Crippen LogP contribution in [0.4, 0.5) is 5.69 Å². The smallest absolute Gasteiger partial charge is 0.252 e. The van der Waals surface area contributed by atoms with Crippen LogP contribution in [0.1, 0.15) is 24.2 Å². The Morgan fingerprint density at radius 1 is 1.22 bits per heavy atom. The van der Waals surface area contributed by atoms with Gasteiger partial charge in [0, 0.05) is 19.3 Å². The number of methoxy groups -OCH3 is 1. The number of rotatable bonds is 9.